The van der Waals surface area contributed by atoms with Crippen LogP contribution in [0.15, 0.2) is 0 Å². The quantitative estimate of drug-likeness (QED) is 0.868. The second-order valence-electron chi connectivity index (χ2n) is 8.23. The maximum atomic E-state index is 13.4. The fourth-order valence-corrected chi connectivity index (χ4v) is 5.09. The van der Waals surface area contributed by atoms with E-state index in [1.165, 1.54) is 0 Å². The zero-order chi connectivity index (χ0) is 15.5. The Balaban J connectivity index is 2.05. The molecule has 1 saturated heterocycles. The van der Waals surface area contributed by atoms with E-state index in [0.29, 0.717) is 12.3 Å². The summed E-state index contributed by atoms with van der Waals surface area (Å²) in [5, 5.41) is 9.91. The predicted octanol–water partition coefficient (Wildman–Crippen LogP) is 2.33. The van der Waals surface area contributed by atoms with Crippen LogP contribution in [0.3, 0.4) is 0 Å². The van der Waals surface area contributed by atoms with E-state index < -0.39 is 11.0 Å². The van der Waals surface area contributed by atoms with E-state index in [0.717, 1.165) is 25.7 Å². The maximum absolute atomic E-state index is 13.4. The largest absolute Gasteiger partial charge is 0.395 e. The van der Waals surface area contributed by atoms with Crippen molar-refractivity contribution in [3.63, 3.8) is 0 Å². The Morgan fingerprint density at radius 3 is 2.62 bits per heavy atom. The van der Waals surface area contributed by atoms with Gasteiger partial charge in [-0.1, -0.05) is 6.92 Å². The van der Waals surface area contributed by atoms with Crippen molar-refractivity contribution >= 4 is 5.78 Å². The molecule has 21 heavy (non-hydrogen) atoms. The molecule has 0 aromatic carbocycles. The normalized spacial score (nSPS) is 48.2. The number of hydrogen-bond acceptors (Lipinski definition) is 4. The van der Waals surface area contributed by atoms with E-state index in [1.54, 1.807) is 7.11 Å². The lowest BCUT2D eigenvalue weighted by Crippen LogP contribution is -2.65. The molecule has 1 heterocycles. The second kappa shape index (κ2) is 4.53. The van der Waals surface area contributed by atoms with Gasteiger partial charge < -0.3 is 14.6 Å². The highest BCUT2D eigenvalue weighted by Gasteiger charge is 2.71. The minimum absolute atomic E-state index is 0.0865. The summed E-state index contributed by atoms with van der Waals surface area (Å²) in [6.07, 6.45) is 4.60. The molecule has 0 aromatic rings. The van der Waals surface area contributed by atoms with Crippen LogP contribution in [-0.2, 0) is 14.3 Å². The molecule has 2 saturated carbocycles. The van der Waals surface area contributed by atoms with Gasteiger partial charge in [-0.05, 0) is 51.9 Å². The number of rotatable bonds is 3. The summed E-state index contributed by atoms with van der Waals surface area (Å²) in [6, 6.07) is 0. The first kappa shape index (κ1) is 15.4. The molecule has 0 amide bonds. The van der Waals surface area contributed by atoms with E-state index in [-0.39, 0.29) is 30.0 Å². The van der Waals surface area contributed by atoms with E-state index >= 15 is 0 Å². The van der Waals surface area contributed by atoms with Crippen LogP contribution < -0.4 is 0 Å². The average molecular weight is 296 g/mol. The van der Waals surface area contributed by atoms with Gasteiger partial charge in [0.25, 0.3) is 0 Å². The van der Waals surface area contributed by atoms with E-state index in [9.17, 15) is 9.90 Å². The number of methoxy groups -OCH3 is 1. The van der Waals surface area contributed by atoms with Crippen molar-refractivity contribution in [1.29, 1.82) is 0 Å². The molecule has 2 bridgehead atoms. The van der Waals surface area contributed by atoms with Crippen molar-refractivity contribution < 1.29 is 19.4 Å². The van der Waals surface area contributed by atoms with Crippen molar-refractivity contribution in [3.05, 3.63) is 0 Å². The van der Waals surface area contributed by atoms with Crippen LogP contribution in [0.1, 0.15) is 52.9 Å². The molecule has 3 aliphatic rings. The van der Waals surface area contributed by atoms with Crippen LogP contribution in [0.2, 0.25) is 0 Å². The summed E-state index contributed by atoms with van der Waals surface area (Å²) in [5.74, 6) is 0.523. The summed E-state index contributed by atoms with van der Waals surface area (Å²) < 4.78 is 11.7. The van der Waals surface area contributed by atoms with Gasteiger partial charge in [-0.15, -0.1) is 0 Å². The van der Waals surface area contributed by atoms with Crippen LogP contribution in [-0.4, -0.2) is 42.4 Å². The Hall–Kier alpha value is -0.450. The second-order valence-corrected chi connectivity index (χ2v) is 8.23. The summed E-state index contributed by atoms with van der Waals surface area (Å²) in [5.41, 5.74) is -1.85. The molecule has 1 aliphatic heterocycles. The Morgan fingerprint density at radius 1 is 1.29 bits per heavy atom. The molecule has 0 radical (unpaired) electrons. The number of carbonyl (C=O) groups excluding carboxylic acids is 1. The zero-order valence-corrected chi connectivity index (χ0v) is 13.7. The van der Waals surface area contributed by atoms with Gasteiger partial charge in [0.2, 0.25) is 0 Å². The van der Waals surface area contributed by atoms with E-state index in [2.05, 4.69) is 20.8 Å². The van der Waals surface area contributed by atoms with Crippen molar-refractivity contribution in [2.24, 2.45) is 16.7 Å². The molecule has 3 fully saturated rings. The summed E-state index contributed by atoms with van der Waals surface area (Å²) in [6.45, 7) is 6.56. The molecule has 1 N–H and O–H groups in total. The number of ketones is 1. The third-order valence-corrected chi connectivity index (χ3v) is 6.70. The third-order valence-electron chi connectivity index (χ3n) is 6.70. The van der Waals surface area contributed by atoms with Gasteiger partial charge in [0, 0.05) is 12.5 Å². The number of carbonyl (C=O) groups is 1. The van der Waals surface area contributed by atoms with Crippen molar-refractivity contribution in [1.82, 2.24) is 0 Å². The first-order valence-corrected chi connectivity index (χ1v) is 8.10. The van der Waals surface area contributed by atoms with Gasteiger partial charge in [0.05, 0.1) is 24.2 Å². The topological polar surface area (TPSA) is 55.8 Å². The Kier molecular flexibility index (Phi) is 3.33. The number of aliphatic hydroxyl groups excluding tert-OH is 1. The van der Waals surface area contributed by atoms with E-state index in [4.69, 9.17) is 9.47 Å². The molecule has 2 unspecified atom stereocenters. The molecule has 4 nitrogen and oxygen atoms in total. The number of hydrogen-bond donors (Lipinski definition) is 1. The van der Waals surface area contributed by atoms with Crippen LogP contribution >= 0.6 is 0 Å². The van der Waals surface area contributed by atoms with Crippen LogP contribution in [0.4, 0.5) is 0 Å². The maximum Gasteiger partial charge on any atom is 0.175 e. The highest BCUT2D eigenvalue weighted by molar-refractivity contribution is 5.95. The predicted molar refractivity (Wildman–Crippen MR) is 79.0 cm³/mol. The van der Waals surface area contributed by atoms with Gasteiger partial charge in [-0.3, -0.25) is 4.79 Å². The lowest BCUT2D eigenvalue weighted by molar-refractivity contribution is -0.202. The monoisotopic (exact) mass is 296 g/mol. The lowest BCUT2D eigenvalue weighted by Gasteiger charge is -2.55. The molecule has 2 aliphatic carbocycles. The molecule has 3 rings (SSSR count). The first-order chi connectivity index (χ1) is 9.75. The van der Waals surface area contributed by atoms with Crippen molar-refractivity contribution in [3.8, 4) is 0 Å². The fraction of sp³-hybridized carbons (Fsp3) is 0.941. The zero-order valence-electron chi connectivity index (χ0n) is 13.7. The molecule has 1 spiro atoms. The van der Waals surface area contributed by atoms with Crippen LogP contribution in [0.5, 0.6) is 0 Å². The Morgan fingerprint density at radius 2 is 2.00 bits per heavy atom. The summed E-state index contributed by atoms with van der Waals surface area (Å²) in [4.78, 5) is 13.4. The van der Waals surface area contributed by atoms with Gasteiger partial charge in [-0.2, -0.15) is 0 Å². The third kappa shape index (κ3) is 1.82. The average Bonchev–Trinajstić information content (AvgIpc) is 2.67. The highest BCUT2D eigenvalue weighted by Crippen LogP contribution is 2.65. The van der Waals surface area contributed by atoms with Crippen molar-refractivity contribution in [2.45, 2.75) is 64.1 Å². The summed E-state index contributed by atoms with van der Waals surface area (Å²) in [7, 11) is 1.60. The first-order valence-electron chi connectivity index (χ1n) is 8.10. The molecule has 120 valence electrons. The van der Waals surface area contributed by atoms with Crippen molar-refractivity contribution in [2.75, 3.05) is 20.3 Å². The van der Waals surface area contributed by atoms with Crippen LogP contribution in [0, 0.1) is 16.7 Å². The minimum Gasteiger partial charge on any atom is -0.395 e. The highest BCUT2D eigenvalue weighted by atomic mass is 16.5. The number of aliphatic hydroxyl groups is 1. The molecular formula is C17H28O4. The SMILES string of the molecule is COCC1(CO)CC[C@@]2(C)CC[C@@H]3CC2(OC3(C)C)C1=O. The Labute approximate surface area is 127 Å². The standard InChI is InChI=1S/C17H28O4/c1-14(2)12-5-6-15(3)7-8-16(10-18,11-20-4)13(19)17(15,9-12)21-14/h12,18H,5-11H2,1-4H3/t12-,15-,16?,17?/m1/s1. The molecule has 4 heteroatoms. The number of Topliss-reactive ketones (excluding diaryl/α,β-unsaturated/α-hetero) is 1. The number of ether oxygens (including phenoxy) is 2. The van der Waals surface area contributed by atoms with Gasteiger partial charge in [0.1, 0.15) is 5.60 Å². The molecular weight excluding hydrogens is 268 g/mol. The minimum atomic E-state index is -0.781. The summed E-state index contributed by atoms with van der Waals surface area (Å²) >= 11 is 0. The fourth-order valence-electron chi connectivity index (χ4n) is 5.09. The van der Waals surface area contributed by atoms with Crippen LogP contribution in [0.25, 0.3) is 0 Å². The van der Waals surface area contributed by atoms with Gasteiger partial charge in [0.15, 0.2) is 5.78 Å². The smallest absolute Gasteiger partial charge is 0.175 e. The lowest BCUT2D eigenvalue weighted by atomic mass is 9.50. The molecule has 0 aromatic heterocycles. The van der Waals surface area contributed by atoms with Gasteiger partial charge in [-0.25, -0.2) is 0 Å². The number of fused-ring (bicyclic) bond motifs is 1. The Bertz CT molecular complexity index is 460. The molecule has 4 atom stereocenters. The van der Waals surface area contributed by atoms with Gasteiger partial charge >= 0.3 is 0 Å². The van der Waals surface area contributed by atoms with E-state index in [1.807, 2.05) is 0 Å².